The van der Waals surface area contributed by atoms with Crippen LogP contribution in [-0.2, 0) is 16.0 Å². The minimum absolute atomic E-state index is 0.0698. The zero-order chi connectivity index (χ0) is 18.0. The van der Waals surface area contributed by atoms with Crippen molar-refractivity contribution < 1.29 is 26.3 Å². The van der Waals surface area contributed by atoms with E-state index < -0.39 is 26.5 Å². The molecule has 0 amide bonds. The number of halogens is 3. The van der Waals surface area contributed by atoms with E-state index in [1.165, 1.54) is 19.1 Å². The quantitative estimate of drug-likeness (QED) is 0.818. The van der Waals surface area contributed by atoms with E-state index in [0.29, 0.717) is 12.7 Å². The highest BCUT2D eigenvalue weighted by Gasteiger charge is 2.33. The van der Waals surface area contributed by atoms with E-state index >= 15 is 0 Å². The predicted molar refractivity (Wildman–Crippen MR) is 81.4 cm³/mol. The fourth-order valence-electron chi connectivity index (χ4n) is 2.01. The van der Waals surface area contributed by atoms with Gasteiger partial charge < -0.3 is 4.74 Å². The van der Waals surface area contributed by atoms with Gasteiger partial charge >= 0.3 is 6.18 Å². The van der Waals surface area contributed by atoms with Crippen molar-refractivity contribution in [2.75, 3.05) is 12.4 Å². The molecule has 130 valence electrons. The molecule has 2 aromatic rings. The first-order valence-electron chi connectivity index (χ1n) is 7.10. The number of alkyl halides is 3. The molecule has 0 aliphatic rings. The number of sulfone groups is 1. The molecule has 0 saturated heterocycles. The summed E-state index contributed by atoms with van der Waals surface area (Å²) in [5.74, 6) is -0.0840. The number of benzene rings is 1. The standard InChI is InChI=1S/C15H15F3N2O3S/c1-3-23-14-8-7-12(19-20-14)11-6-5-10(15(16,17)18)9-13(11)24(21,22)4-2/h5-9H,3-4H2,1-2H3. The van der Waals surface area contributed by atoms with Crippen LogP contribution in [0.25, 0.3) is 11.3 Å². The van der Waals surface area contributed by atoms with E-state index in [2.05, 4.69) is 10.2 Å². The van der Waals surface area contributed by atoms with Crippen molar-refractivity contribution >= 4 is 9.84 Å². The first kappa shape index (κ1) is 18.2. The average Bonchev–Trinajstić information content (AvgIpc) is 2.54. The Labute approximate surface area is 137 Å². The predicted octanol–water partition coefficient (Wildman–Crippen LogP) is 3.35. The summed E-state index contributed by atoms with van der Waals surface area (Å²) in [4.78, 5) is -0.418. The average molecular weight is 360 g/mol. The zero-order valence-electron chi connectivity index (χ0n) is 13.0. The van der Waals surface area contributed by atoms with Gasteiger partial charge in [0, 0.05) is 11.6 Å². The molecule has 1 aromatic heterocycles. The summed E-state index contributed by atoms with van der Waals surface area (Å²) in [6, 6.07) is 5.48. The second kappa shape index (κ2) is 6.76. The highest BCUT2D eigenvalue weighted by atomic mass is 32.2. The summed E-state index contributed by atoms with van der Waals surface area (Å²) in [6.45, 7) is 3.50. The van der Waals surface area contributed by atoms with Gasteiger partial charge in [-0.25, -0.2) is 8.42 Å². The lowest BCUT2D eigenvalue weighted by atomic mass is 10.1. The Hall–Kier alpha value is -2.16. The largest absolute Gasteiger partial charge is 0.477 e. The summed E-state index contributed by atoms with van der Waals surface area (Å²) in [7, 11) is -3.88. The molecule has 1 heterocycles. The topological polar surface area (TPSA) is 69.2 Å². The van der Waals surface area contributed by atoms with Crippen LogP contribution in [0.15, 0.2) is 35.2 Å². The molecular formula is C15H15F3N2O3S. The van der Waals surface area contributed by atoms with Gasteiger partial charge in [-0.05, 0) is 25.1 Å². The number of rotatable bonds is 5. The lowest BCUT2D eigenvalue weighted by Crippen LogP contribution is -2.11. The number of ether oxygens (including phenoxy) is 1. The molecule has 0 bridgehead atoms. The molecule has 0 saturated carbocycles. The third-order valence-corrected chi connectivity index (χ3v) is 5.00. The van der Waals surface area contributed by atoms with Gasteiger partial charge in [0.1, 0.15) is 0 Å². The second-order valence-electron chi connectivity index (χ2n) is 4.80. The lowest BCUT2D eigenvalue weighted by molar-refractivity contribution is -0.137. The molecule has 0 N–H and O–H groups in total. The number of aromatic nitrogens is 2. The molecule has 0 unspecified atom stereocenters. The smallest absolute Gasteiger partial charge is 0.416 e. The van der Waals surface area contributed by atoms with Crippen LogP contribution in [0.5, 0.6) is 5.88 Å². The van der Waals surface area contributed by atoms with Crippen molar-refractivity contribution in [3.05, 3.63) is 35.9 Å². The van der Waals surface area contributed by atoms with Crippen molar-refractivity contribution in [2.24, 2.45) is 0 Å². The fraction of sp³-hybridized carbons (Fsp3) is 0.333. The third-order valence-electron chi connectivity index (χ3n) is 3.23. The van der Waals surface area contributed by atoms with Crippen molar-refractivity contribution in [1.29, 1.82) is 0 Å². The summed E-state index contributed by atoms with van der Waals surface area (Å²) in [6.07, 6.45) is -4.64. The van der Waals surface area contributed by atoms with Gasteiger partial charge in [0.25, 0.3) is 0 Å². The first-order chi connectivity index (χ1) is 11.2. The lowest BCUT2D eigenvalue weighted by Gasteiger charge is -2.13. The Kier molecular flexibility index (Phi) is 5.12. The SMILES string of the molecule is CCOc1ccc(-c2ccc(C(F)(F)F)cc2S(=O)(=O)CC)nn1. The Balaban J connectivity index is 2.61. The molecule has 0 aliphatic carbocycles. The molecule has 0 spiro atoms. The molecule has 0 fully saturated rings. The van der Waals surface area contributed by atoms with E-state index in [1.54, 1.807) is 6.92 Å². The fourth-order valence-corrected chi connectivity index (χ4v) is 3.14. The van der Waals surface area contributed by atoms with E-state index in [1.807, 2.05) is 0 Å². The van der Waals surface area contributed by atoms with E-state index in [-0.39, 0.29) is 22.9 Å². The van der Waals surface area contributed by atoms with Crippen LogP contribution >= 0.6 is 0 Å². The van der Waals surface area contributed by atoms with Crippen LogP contribution in [0.1, 0.15) is 19.4 Å². The van der Waals surface area contributed by atoms with Crippen LogP contribution in [-0.4, -0.2) is 31.0 Å². The summed E-state index contributed by atoms with van der Waals surface area (Å²) in [5, 5.41) is 7.62. The maximum absolute atomic E-state index is 12.9. The molecule has 2 rings (SSSR count). The minimum Gasteiger partial charge on any atom is -0.477 e. The van der Waals surface area contributed by atoms with Gasteiger partial charge in [-0.3, -0.25) is 0 Å². The molecule has 0 radical (unpaired) electrons. The first-order valence-corrected chi connectivity index (χ1v) is 8.75. The van der Waals surface area contributed by atoms with E-state index in [4.69, 9.17) is 4.74 Å². The highest BCUT2D eigenvalue weighted by Crippen LogP contribution is 2.35. The van der Waals surface area contributed by atoms with Crippen molar-refractivity contribution in [3.8, 4) is 17.1 Å². The Morgan fingerprint density at radius 3 is 2.29 bits per heavy atom. The Bertz CT molecular complexity index is 819. The summed E-state index contributed by atoms with van der Waals surface area (Å²) in [5.41, 5.74) is -0.809. The zero-order valence-corrected chi connectivity index (χ0v) is 13.8. The number of hydrogen-bond donors (Lipinski definition) is 0. The van der Waals surface area contributed by atoms with Crippen LogP contribution < -0.4 is 4.74 Å². The van der Waals surface area contributed by atoms with Crippen molar-refractivity contribution in [3.63, 3.8) is 0 Å². The van der Waals surface area contributed by atoms with E-state index in [0.717, 1.165) is 12.1 Å². The maximum Gasteiger partial charge on any atom is 0.416 e. The van der Waals surface area contributed by atoms with Gasteiger partial charge in [0.2, 0.25) is 5.88 Å². The molecule has 5 nitrogen and oxygen atoms in total. The van der Waals surface area contributed by atoms with Gasteiger partial charge in [-0.1, -0.05) is 13.0 Å². The Morgan fingerprint density at radius 2 is 1.79 bits per heavy atom. The molecule has 0 aliphatic heterocycles. The van der Waals surface area contributed by atoms with Gasteiger partial charge in [0.15, 0.2) is 9.84 Å². The normalized spacial score (nSPS) is 12.2. The van der Waals surface area contributed by atoms with Gasteiger partial charge in [-0.15, -0.1) is 10.2 Å². The molecule has 24 heavy (non-hydrogen) atoms. The van der Waals surface area contributed by atoms with Crippen molar-refractivity contribution in [1.82, 2.24) is 10.2 Å². The van der Waals surface area contributed by atoms with Crippen LogP contribution in [0.4, 0.5) is 13.2 Å². The van der Waals surface area contributed by atoms with Crippen LogP contribution in [0, 0.1) is 0 Å². The summed E-state index contributed by atoms with van der Waals surface area (Å²) < 4.78 is 68.2. The number of nitrogens with zero attached hydrogens (tertiary/aromatic N) is 2. The van der Waals surface area contributed by atoms with Crippen molar-refractivity contribution in [2.45, 2.75) is 24.9 Å². The van der Waals surface area contributed by atoms with Crippen LogP contribution in [0.3, 0.4) is 0 Å². The number of hydrogen-bond acceptors (Lipinski definition) is 5. The second-order valence-corrected chi connectivity index (χ2v) is 7.05. The minimum atomic E-state index is -4.64. The van der Waals surface area contributed by atoms with E-state index in [9.17, 15) is 21.6 Å². The third kappa shape index (κ3) is 3.84. The molecule has 1 aromatic carbocycles. The van der Waals surface area contributed by atoms with Crippen LogP contribution in [0.2, 0.25) is 0 Å². The summed E-state index contributed by atoms with van der Waals surface area (Å²) >= 11 is 0. The Morgan fingerprint density at radius 1 is 1.08 bits per heavy atom. The highest BCUT2D eigenvalue weighted by molar-refractivity contribution is 7.91. The maximum atomic E-state index is 12.9. The molecule has 9 heteroatoms. The van der Waals surface area contributed by atoms with Gasteiger partial charge in [-0.2, -0.15) is 13.2 Å². The van der Waals surface area contributed by atoms with Gasteiger partial charge in [0.05, 0.1) is 28.5 Å². The monoisotopic (exact) mass is 360 g/mol. The molecular weight excluding hydrogens is 345 g/mol. The molecule has 0 atom stereocenters.